The second-order valence-electron chi connectivity index (χ2n) is 7.06. The molecule has 7 heteroatoms. The largest absolute Gasteiger partial charge is 0.336 e. The fraction of sp³-hybridized carbons (Fsp3) is 0.688. The van der Waals surface area contributed by atoms with Crippen molar-refractivity contribution in [3.8, 4) is 0 Å². The molecule has 1 spiro atoms. The van der Waals surface area contributed by atoms with Gasteiger partial charge < -0.3 is 15.1 Å². The molecule has 0 aliphatic carbocycles. The molecular weight excluding hydrogens is 312 g/mol. The summed E-state index contributed by atoms with van der Waals surface area (Å²) in [5.41, 5.74) is 0.890. The average molecular weight is 336 g/mol. The van der Waals surface area contributed by atoms with Crippen LogP contribution in [0.3, 0.4) is 0 Å². The third-order valence-electron chi connectivity index (χ3n) is 4.56. The van der Waals surface area contributed by atoms with Crippen LogP contribution in [0.15, 0.2) is 5.38 Å². The molecule has 2 aliphatic heterocycles. The van der Waals surface area contributed by atoms with E-state index in [0.717, 1.165) is 30.2 Å². The Bertz CT molecular complexity index is 615. The van der Waals surface area contributed by atoms with Crippen molar-refractivity contribution in [3.63, 3.8) is 0 Å². The van der Waals surface area contributed by atoms with Crippen molar-refractivity contribution in [1.29, 1.82) is 0 Å². The van der Waals surface area contributed by atoms with E-state index in [9.17, 15) is 9.59 Å². The topological polar surface area (TPSA) is 65.5 Å². The highest BCUT2D eigenvalue weighted by Crippen LogP contribution is 2.40. The molecule has 1 aromatic rings. The van der Waals surface area contributed by atoms with Crippen LogP contribution in [-0.2, 0) is 11.3 Å². The highest BCUT2D eigenvalue weighted by atomic mass is 32.1. The molecule has 3 amide bonds. The predicted molar refractivity (Wildman–Crippen MR) is 89.2 cm³/mol. The van der Waals surface area contributed by atoms with E-state index in [1.807, 2.05) is 36.0 Å². The summed E-state index contributed by atoms with van der Waals surface area (Å²) < 4.78 is 0. The zero-order valence-electron chi connectivity index (χ0n) is 14.0. The summed E-state index contributed by atoms with van der Waals surface area (Å²) in [7, 11) is 0. The molecule has 0 bridgehead atoms. The lowest BCUT2D eigenvalue weighted by molar-refractivity contribution is -0.128. The molecule has 0 aromatic carbocycles. The van der Waals surface area contributed by atoms with Crippen LogP contribution >= 0.6 is 11.3 Å². The van der Waals surface area contributed by atoms with Crippen molar-refractivity contribution in [2.45, 2.75) is 46.2 Å². The quantitative estimate of drug-likeness (QED) is 0.918. The van der Waals surface area contributed by atoms with Crippen molar-refractivity contribution < 1.29 is 9.59 Å². The average Bonchev–Trinajstić information content (AvgIpc) is 3.12. The number of amides is 3. The van der Waals surface area contributed by atoms with E-state index in [4.69, 9.17) is 0 Å². The second-order valence-corrected chi connectivity index (χ2v) is 8.12. The summed E-state index contributed by atoms with van der Waals surface area (Å²) >= 11 is 1.61. The molecule has 126 valence electrons. The van der Waals surface area contributed by atoms with Crippen LogP contribution < -0.4 is 5.32 Å². The highest BCUT2D eigenvalue weighted by Gasteiger charge is 2.48. The van der Waals surface area contributed by atoms with Gasteiger partial charge in [-0.05, 0) is 27.2 Å². The molecule has 2 aliphatic rings. The molecular formula is C16H24N4O2S. The lowest BCUT2D eigenvalue weighted by Gasteiger charge is -2.24. The van der Waals surface area contributed by atoms with E-state index in [1.54, 1.807) is 11.3 Å². The minimum atomic E-state index is -0.0729. The number of aryl methyl sites for hydroxylation is 1. The summed E-state index contributed by atoms with van der Waals surface area (Å²) in [5, 5.41) is 5.98. The summed E-state index contributed by atoms with van der Waals surface area (Å²) in [5.74, 6) is 0.182. The summed E-state index contributed by atoms with van der Waals surface area (Å²) in [6, 6.07) is 0.117. The van der Waals surface area contributed by atoms with E-state index < -0.39 is 0 Å². The van der Waals surface area contributed by atoms with Crippen LogP contribution in [0.1, 0.15) is 37.4 Å². The van der Waals surface area contributed by atoms with E-state index in [2.05, 4.69) is 10.3 Å². The van der Waals surface area contributed by atoms with Crippen LogP contribution in [0, 0.1) is 12.3 Å². The van der Waals surface area contributed by atoms with E-state index >= 15 is 0 Å². The SMILES string of the molecule is Cc1nc(CN2C[C@@]3(CCN(C(=O)NC(C)C)C3)CC2=O)cs1. The van der Waals surface area contributed by atoms with Crippen LogP contribution in [0.25, 0.3) is 0 Å². The molecule has 3 heterocycles. The molecule has 1 N–H and O–H groups in total. The second kappa shape index (κ2) is 6.11. The Labute approximate surface area is 140 Å². The Hall–Kier alpha value is -1.63. The van der Waals surface area contributed by atoms with Crippen molar-refractivity contribution >= 4 is 23.3 Å². The maximum absolute atomic E-state index is 12.4. The standard InChI is InChI=1S/C16H24N4O2S/c1-11(2)17-15(22)19-5-4-16(9-19)6-14(21)20(10-16)7-13-8-23-12(3)18-13/h8,11H,4-7,9-10H2,1-3H3,(H,17,22)/t16-/m0/s1. The monoisotopic (exact) mass is 336 g/mol. The van der Waals surface area contributed by atoms with Gasteiger partial charge in [-0.2, -0.15) is 0 Å². The van der Waals surface area contributed by atoms with Gasteiger partial charge in [-0.3, -0.25) is 4.79 Å². The summed E-state index contributed by atoms with van der Waals surface area (Å²) in [6.07, 6.45) is 1.44. The Morgan fingerprint density at radius 1 is 1.48 bits per heavy atom. The van der Waals surface area contributed by atoms with Gasteiger partial charge in [-0.15, -0.1) is 11.3 Å². The Morgan fingerprint density at radius 3 is 2.91 bits per heavy atom. The molecule has 0 radical (unpaired) electrons. The fourth-order valence-electron chi connectivity index (χ4n) is 3.52. The van der Waals surface area contributed by atoms with Crippen molar-refractivity contribution in [3.05, 3.63) is 16.1 Å². The molecule has 2 saturated heterocycles. The number of rotatable bonds is 3. The minimum absolute atomic E-state index is 0.0158. The summed E-state index contributed by atoms with van der Waals surface area (Å²) in [6.45, 7) is 8.61. The lowest BCUT2D eigenvalue weighted by atomic mass is 9.86. The first-order valence-electron chi connectivity index (χ1n) is 8.11. The zero-order chi connectivity index (χ0) is 16.6. The summed E-state index contributed by atoms with van der Waals surface area (Å²) in [4.78, 5) is 32.7. The number of hydrogen-bond acceptors (Lipinski definition) is 4. The number of hydrogen-bond donors (Lipinski definition) is 1. The zero-order valence-corrected chi connectivity index (χ0v) is 14.8. The van der Waals surface area contributed by atoms with Crippen molar-refractivity contribution in [1.82, 2.24) is 20.1 Å². The van der Waals surface area contributed by atoms with E-state index in [1.165, 1.54) is 0 Å². The number of carbonyl (C=O) groups excluding carboxylic acids is 2. The smallest absolute Gasteiger partial charge is 0.317 e. The van der Waals surface area contributed by atoms with Gasteiger partial charge >= 0.3 is 6.03 Å². The van der Waals surface area contributed by atoms with E-state index in [-0.39, 0.29) is 23.4 Å². The highest BCUT2D eigenvalue weighted by molar-refractivity contribution is 7.09. The first-order chi connectivity index (χ1) is 10.9. The van der Waals surface area contributed by atoms with Gasteiger partial charge in [0.15, 0.2) is 0 Å². The van der Waals surface area contributed by atoms with Gasteiger partial charge in [-0.1, -0.05) is 0 Å². The molecule has 3 rings (SSSR count). The van der Waals surface area contributed by atoms with Gasteiger partial charge in [0.05, 0.1) is 17.2 Å². The van der Waals surface area contributed by atoms with Crippen molar-refractivity contribution in [2.24, 2.45) is 5.41 Å². The molecule has 2 fully saturated rings. The Balaban J connectivity index is 1.62. The predicted octanol–water partition coefficient (Wildman–Crippen LogP) is 1.99. The van der Waals surface area contributed by atoms with Gasteiger partial charge in [-0.25, -0.2) is 9.78 Å². The molecule has 23 heavy (non-hydrogen) atoms. The third kappa shape index (κ3) is 3.49. The Morgan fingerprint density at radius 2 is 2.26 bits per heavy atom. The van der Waals surface area contributed by atoms with Crippen LogP contribution in [0.4, 0.5) is 4.79 Å². The molecule has 1 atom stereocenters. The number of nitrogens with one attached hydrogen (secondary N) is 1. The van der Waals surface area contributed by atoms with Crippen molar-refractivity contribution in [2.75, 3.05) is 19.6 Å². The lowest BCUT2D eigenvalue weighted by Crippen LogP contribution is -2.43. The first-order valence-corrected chi connectivity index (χ1v) is 8.99. The Kier molecular flexibility index (Phi) is 4.31. The van der Waals surface area contributed by atoms with Gasteiger partial charge in [0.2, 0.25) is 5.91 Å². The number of likely N-dealkylation sites (tertiary alicyclic amines) is 2. The van der Waals surface area contributed by atoms with Crippen LogP contribution in [0.5, 0.6) is 0 Å². The number of urea groups is 1. The van der Waals surface area contributed by atoms with Crippen LogP contribution in [-0.4, -0.2) is 52.4 Å². The van der Waals surface area contributed by atoms with Gasteiger partial charge in [0.25, 0.3) is 0 Å². The first kappa shape index (κ1) is 16.2. The number of carbonyl (C=O) groups is 2. The molecule has 0 saturated carbocycles. The molecule has 0 unspecified atom stereocenters. The van der Waals surface area contributed by atoms with E-state index in [0.29, 0.717) is 19.5 Å². The fourth-order valence-corrected chi connectivity index (χ4v) is 4.13. The maximum atomic E-state index is 12.4. The maximum Gasteiger partial charge on any atom is 0.317 e. The normalized spacial score (nSPS) is 24.3. The molecule has 1 aromatic heterocycles. The number of aromatic nitrogens is 1. The van der Waals surface area contributed by atoms with Gasteiger partial charge in [0, 0.05) is 42.9 Å². The molecule has 6 nitrogen and oxygen atoms in total. The number of thiazole rings is 1. The third-order valence-corrected chi connectivity index (χ3v) is 5.38. The minimum Gasteiger partial charge on any atom is -0.336 e. The number of nitrogens with zero attached hydrogens (tertiary/aromatic N) is 3. The van der Waals surface area contributed by atoms with Crippen LogP contribution in [0.2, 0.25) is 0 Å². The van der Waals surface area contributed by atoms with Gasteiger partial charge in [0.1, 0.15) is 0 Å².